The topological polar surface area (TPSA) is 48.4 Å². The molecule has 0 radical (unpaired) electrons. The lowest BCUT2D eigenvalue weighted by Gasteiger charge is -2.15. The van der Waals surface area contributed by atoms with Gasteiger partial charge in [-0.1, -0.05) is 66.2 Å². The number of carbonyl (C=O) groups excluding carboxylic acids is 1. The van der Waals surface area contributed by atoms with Crippen molar-refractivity contribution >= 4 is 33.8 Å². The molecule has 4 aromatic rings. The molecule has 0 aliphatic carbocycles. The molecule has 32 heavy (non-hydrogen) atoms. The Kier molecular flexibility index (Phi) is 7.20. The van der Waals surface area contributed by atoms with Crippen molar-refractivity contribution < 1.29 is 14.3 Å². The predicted octanol–water partition coefficient (Wildman–Crippen LogP) is 7.14. The molecule has 1 aromatic heterocycles. The lowest BCUT2D eigenvalue weighted by molar-refractivity contribution is 0.111. The first-order chi connectivity index (χ1) is 15.7. The van der Waals surface area contributed by atoms with E-state index in [0.29, 0.717) is 35.0 Å². The van der Waals surface area contributed by atoms with Crippen molar-refractivity contribution in [1.82, 2.24) is 4.98 Å². The van der Waals surface area contributed by atoms with Gasteiger partial charge in [-0.15, -0.1) is 0 Å². The summed E-state index contributed by atoms with van der Waals surface area (Å²) in [6.07, 6.45) is 4.12. The average Bonchev–Trinajstić information content (AvgIpc) is 2.84. The molecule has 0 unspecified atom stereocenters. The van der Waals surface area contributed by atoms with Crippen LogP contribution in [-0.4, -0.2) is 11.3 Å². The van der Waals surface area contributed by atoms with E-state index in [1.807, 2.05) is 42.5 Å². The number of halogens is 2. The summed E-state index contributed by atoms with van der Waals surface area (Å²) in [5.74, 6) is 0.843. The second kappa shape index (κ2) is 10.4. The Labute approximate surface area is 199 Å². The second-order valence-electron chi connectivity index (χ2n) is 7.02. The fraction of sp³-hybridized carbons (Fsp3) is 0.0769. The zero-order valence-corrected chi connectivity index (χ0v) is 19.3. The van der Waals surface area contributed by atoms with Gasteiger partial charge in [0.25, 0.3) is 0 Å². The molecule has 3 aromatic carbocycles. The van der Waals surface area contributed by atoms with Crippen LogP contribution in [0.3, 0.4) is 0 Å². The van der Waals surface area contributed by atoms with Crippen LogP contribution in [-0.2, 0) is 13.2 Å². The van der Waals surface area contributed by atoms with E-state index in [4.69, 9.17) is 21.1 Å². The number of hydrogen-bond donors (Lipinski definition) is 0. The van der Waals surface area contributed by atoms with Crippen LogP contribution in [0.5, 0.6) is 11.5 Å². The molecule has 0 saturated carbocycles. The molecule has 4 rings (SSSR count). The number of hydrogen-bond acceptors (Lipinski definition) is 4. The van der Waals surface area contributed by atoms with Gasteiger partial charge in [-0.05, 0) is 39.2 Å². The average molecular weight is 509 g/mol. The molecule has 0 atom stereocenters. The zero-order chi connectivity index (χ0) is 22.3. The monoisotopic (exact) mass is 507 g/mol. The molecular weight excluding hydrogens is 490 g/mol. The van der Waals surface area contributed by atoms with E-state index in [0.717, 1.165) is 26.7 Å². The Balaban J connectivity index is 1.54. The molecule has 0 fully saturated rings. The van der Waals surface area contributed by atoms with Crippen molar-refractivity contribution in [3.8, 4) is 22.6 Å². The van der Waals surface area contributed by atoms with Crippen molar-refractivity contribution in [2.75, 3.05) is 0 Å². The van der Waals surface area contributed by atoms with E-state index in [2.05, 4.69) is 39.1 Å². The molecule has 1 heterocycles. The number of aldehydes is 1. The molecule has 4 nitrogen and oxygen atoms in total. The predicted molar refractivity (Wildman–Crippen MR) is 129 cm³/mol. The van der Waals surface area contributed by atoms with Crippen molar-refractivity contribution in [1.29, 1.82) is 0 Å². The summed E-state index contributed by atoms with van der Waals surface area (Å²) in [5.41, 5.74) is 4.41. The van der Waals surface area contributed by atoms with Gasteiger partial charge in [0.2, 0.25) is 0 Å². The first-order valence-corrected chi connectivity index (χ1v) is 11.1. The largest absolute Gasteiger partial charge is 0.488 e. The number of benzene rings is 3. The highest BCUT2D eigenvalue weighted by molar-refractivity contribution is 9.10. The van der Waals surface area contributed by atoms with Crippen LogP contribution >= 0.6 is 27.5 Å². The number of carbonyl (C=O) groups is 1. The molecule has 0 aliphatic heterocycles. The number of aromatic nitrogens is 1. The van der Waals surface area contributed by atoms with Gasteiger partial charge in [-0.3, -0.25) is 9.78 Å². The summed E-state index contributed by atoms with van der Waals surface area (Å²) < 4.78 is 12.8. The number of ether oxygens (including phenoxy) is 2. The van der Waals surface area contributed by atoms with Gasteiger partial charge in [0.05, 0.1) is 10.6 Å². The van der Waals surface area contributed by atoms with Gasteiger partial charge in [0, 0.05) is 34.1 Å². The van der Waals surface area contributed by atoms with E-state index in [1.54, 1.807) is 24.5 Å². The number of rotatable bonds is 8. The molecule has 6 heteroatoms. The van der Waals surface area contributed by atoms with E-state index < -0.39 is 0 Å². The molecule has 0 saturated heterocycles. The summed E-state index contributed by atoms with van der Waals surface area (Å²) in [4.78, 5) is 15.6. The first kappa shape index (κ1) is 22.1. The maximum Gasteiger partial charge on any atom is 0.153 e. The van der Waals surface area contributed by atoms with Gasteiger partial charge >= 0.3 is 0 Å². The molecule has 0 N–H and O–H groups in total. The van der Waals surface area contributed by atoms with E-state index in [9.17, 15) is 4.79 Å². The number of pyridine rings is 1. The molecule has 0 bridgehead atoms. The molecular formula is C26H19BrClNO3. The van der Waals surface area contributed by atoms with Crippen molar-refractivity contribution in [2.24, 2.45) is 0 Å². The van der Waals surface area contributed by atoms with Crippen LogP contribution in [0.4, 0.5) is 0 Å². The number of nitrogens with zero attached hydrogens (tertiary/aromatic N) is 1. The van der Waals surface area contributed by atoms with Crippen LogP contribution in [0.1, 0.15) is 21.5 Å². The summed E-state index contributed by atoms with van der Waals surface area (Å²) in [6, 6.07) is 23.1. The lowest BCUT2D eigenvalue weighted by Crippen LogP contribution is -2.02. The Bertz CT molecular complexity index is 1220. The van der Waals surface area contributed by atoms with Gasteiger partial charge in [0.15, 0.2) is 6.29 Å². The first-order valence-electron chi connectivity index (χ1n) is 9.91. The summed E-state index contributed by atoms with van der Waals surface area (Å²) in [7, 11) is 0. The van der Waals surface area contributed by atoms with Gasteiger partial charge < -0.3 is 9.47 Å². The fourth-order valence-corrected chi connectivity index (χ4v) is 4.04. The molecule has 0 aliphatic rings. The Morgan fingerprint density at radius 1 is 0.906 bits per heavy atom. The minimum Gasteiger partial charge on any atom is -0.488 e. The Hall–Kier alpha value is -3.15. The van der Waals surface area contributed by atoms with Crippen LogP contribution in [0.15, 0.2) is 89.7 Å². The minimum atomic E-state index is 0.278. The highest BCUT2D eigenvalue weighted by Crippen LogP contribution is 2.35. The highest BCUT2D eigenvalue weighted by Gasteiger charge is 2.13. The van der Waals surface area contributed by atoms with E-state index >= 15 is 0 Å². The molecule has 160 valence electrons. The van der Waals surface area contributed by atoms with Crippen LogP contribution < -0.4 is 9.47 Å². The third kappa shape index (κ3) is 5.18. The summed E-state index contributed by atoms with van der Waals surface area (Å²) in [5, 5.41) is 0.344. The quantitative estimate of drug-likeness (QED) is 0.237. The third-order valence-corrected chi connectivity index (χ3v) is 6.09. The minimum absolute atomic E-state index is 0.278. The Morgan fingerprint density at radius 2 is 1.72 bits per heavy atom. The summed E-state index contributed by atoms with van der Waals surface area (Å²) >= 11 is 10.1. The van der Waals surface area contributed by atoms with Crippen molar-refractivity contribution in [3.05, 3.63) is 111 Å². The lowest BCUT2D eigenvalue weighted by atomic mass is 10.0. The normalized spacial score (nSPS) is 10.6. The van der Waals surface area contributed by atoms with Crippen LogP contribution in [0.25, 0.3) is 11.1 Å². The van der Waals surface area contributed by atoms with Crippen molar-refractivity contribution in [2.45, 2.75) is 13.2 Å². The third-order valence-electron chi connectivity index (χ3n) is 4.86. The molecule has 0 spiro atoms. The highest BCUT2D eigenvalue weighted by atomic mass is 79.9. The standard InChI is InChI=1S/C26H19BrClNO3/c27-26-20(9-4-10-22(26)19-7-2-1-3-8-19)17-32-25-13-24(21(15-30)12-23(25)28)31-16-18-6-5-11-29-14-18/h1-15H,16-17H2. The van der Waals surface area contributed by atoms with Crippen LogP contribution in [0, 0.1) is 0 Å². The van der Waals surface area contributed by atoms with Gasteiger partial charge in [0.1, 0.15) is 24.7 Å². The van der Waals surface area contributed by atoms with Crippen molar-refractivity contribution in [3.63, 3.8) is 0 Å². The maximum atomic E-state index is 11.5. The Morgan fingerprint density at radius 3 is 2.47 bits per heavy atom. The van der Waals surface area contributed by atoms with Crippen LogP contribution in [0.2, 0.25) is 5.02 Å². The van der Waals surface area contributed by atoms with Gasteiger partial charge in [-0.2, -0.15) is 0 Å². The SMILES string of the molecule is O=Cc1cc(Cl)c(OCc2cccc(-c3ccccc3)c2Br)cc1OCc1cccnc1. The van der Waals surface area contributed by atoms with Gasteiger partial charge in [-0.25, -0.2) is 0 Å². The van der Waals surface area contributed by atoms with E-state index in [1.165, 1.54) is 0 Å². The van der Waals surface area contributed by atoms with E-state index in [-0.39, 0.29) is 6.61 Å². The zero-order valence-electron chi connectivity index (χ0n) is 17.0. The fourth-order valence-electron chi connectivity index (χ4n) is 3.21. The second-order valence-corrected chi connectivity index (χ2v) is 8.22. The smallest absolute Gasteiger partial charge is 0.153 e. The summed E-state index contributed by atoms with van der Waals surface area (Å²) in [6.45, 7) is 0.573. The maximum absolute atomic E-state index is 11.5. The molecule has 0 amide bonds.